The van der Waals surface area contributed by atoms with Crippen LogP contribution in [-0.4, -0.2) is 55.3 Å². The van der Waals surface area contributed by atoms with Crippen molar-refractivity contribution in [3.8, 4) is 0 Å². The minimum atomic E-state index is -3.03. The summed E-state index contributed by atoms with van der Waals surface area (Å²) in [6.45, 7) is 6.06. The molecule has 0 aromatic carbocycles. The molecule has 20 heavy (non-hydrogen) atoms. The van der Waals surface area contributed by atoms with Crippen LogP contribution in [0, 0.1) is 0 Å². The van der Waals surface area contributed by atoms with Crippen molar-refractivity contribution in [3.05, 3.63) is 0 Å². The van der Waals surface area contributed by atoms with Gasteiger partial charge in [-0.15, -0.1) is 0 Å². The number of rotatable bonds is 6. The van der Waals surface area contributed by atoms with Crippen LogP contribution >= 0.6 is 0 Å². The first-order valence-electron chi connectivity index (χ1n) is 7.08. The average molecular weight is 304 g/mol. The number of nitrogens with one attached hydrogen (secondary N) is 1. The Bertz CT molecular complexity index is 461. The Morgan fingerprint density at radius 2 is 2.00 bits per heavy atom. The maximum atomic E-state index is 12.1. The molecule has 0 spiro atoms. The van der Waals surface area contributed by atoms with Crippen LogP contribution in [0.1, 0.15) is 40.0 Å². The van der Waals surface area contributed by atoms with E-state index in [1.165, 1.54) is 4.90 Å². The van der Waals surface area contributed by atoms with Crippen molar-refractivity contribution in [2.24, 2.45) is 0 Å². The molecule has 0 aromatic heterocycles. The number of carbonyl (C=O) groups excluding carboxylic acids is 2. The van der Waals surface area contributed by atoms with Gasteiger partial charge in [0.1, 0.15) is 6.42 Å². The summed E-state index contributed by atoms with van der Waals surface area (Å²) in [7, 11) is -3.03. The topological polar surface area (TPSA) is 83.6 Å². The summed E-state index contributed by atoms with van der Waals surface area (Å²) in [5, 5.41) is 2.74. The Balaban J connectivity index is 2.58. The van der Waals surface area contributed by atoms with Crippen LogP contribution in [0.3, 0.4) is 0 Å². The average Bonchev–Trinajstić information content (AvgIpc) is 2.70. The van der Waals surface area contributed by atoms with Crippen LogP contribution in [0.4, 0.5) is 0 Å². The first-order valence-corrected chi connectivity index (χ1v) is 8.90. The van der Waals surface area contributed by atoms with E-state index in [2.05, 4.69) is 5.32 Å². The van der Waals surface area contributed by atoms with Gasteiger partial charge < -0.3 is 10.2 Å². The minimum absolute atomic E-state index is 0.0135. The Hall–Kier alpha value is -1.11. The van der Waals surface area contributed by atoms with Crippen molar-refractivity contribution in [2.75, 3.05) is 18.1 Å². The SMILES string of the molecule is CCC(C)NC(=O)CC(=O)N(CC)C1CCS(=O)(=O)C1. The van der Waals surface area contributed by atoms with E-state index in [0.29, 0.717) is 13.0 Å². The molecule has 6 nitrogen and oxygen atoms in total. The quantitative estimate of drug-likeness (QED) is 0.717. The predicted molar refractivity (Wildman–Crippen MR) is 77.0 cm³/mol. The van der Waals surface area contributed by atoms with E-state index in [-0.39, 0.29) is 41.8 Å². The number of hydrogen-bond donors (Lipinski definition) is 1. The number of amides is 2. The summed E-state index contributed by atoms with van der Waals surface area (Å²) in [6, 6.07) is -0.244. The second kappa shape index (κ2) is 7.06. The summed E-state index contributed by atoms with van der Waals surface area (Å²) in [6.07, 6.45) is 1.06. The van der Waals surface area contributed by atoms with Crippen LogP contribution in [0.5, 0.6) is 0 Å². The van der Waals surface area contributed by atoms with Crippen molar-refractivity contribution in [1.29, 1.82) is 0 Å². The molecule has 1 aliphatic rings. The second-order valence-electron chi connectivity index (χ2n) is 5.29. The molecule has 2 atom stereocenters. The van der Waals surface area contributed by atoms with E-state index in [0.717, 1.165) is 6.42 Å². The Labute approximate surface area is 120 Å². The van der Waals surface area contributed by atoms with Gasteiger partial charge in [0.2, 0.25) is 11.8 Å². The summed E-state index contributed by atoms with van der Waals surface area (Å²) >= 11 is 0. The molecular weight excluding hydrogens is 280 g/mol. The molecule has 1 aliphatic heterocycles. The van der Waals surface area contributed by atoms with E-state index in [1.807, 2.05) is 13.8 Å². The highest BCUT2D eigenvalue weighted by atomic mass is 32.2. The summed E-state index contributed by atoms with van der Waals surface area (Å²) < 4.78 is 22.9. The van der Waals surface area contributed by atoms with Gasteiger partial charge in [-0.3, -0.25) is 9.59 Å². The van der Waals surface area contributed by atoms with E-state index >= 15 is 0 Å². The first kappa shape index (κ1) is 16.9. The number of carbonyl (C=O) groups is 2. The van der Waals surface area contributed by atoms with Crippen LogP contribution in [-0.2, 0) is 19.4 Å². The highest BCUT2D eigenvalue weighted by Crippen LogP contribution is 2.18. The lowest BCUT2D eigenvalue weighted by Gasteiger charge is -2.26. The third kappa shape index (κ3) is 4.77. The number of sulfone groups is 1. The molecule has 0 aromatic rings. The molecule has 2 unspecified atom stereocenters. The summed E-state index contributed by atoms with van der Waals surface area (Å²) in [5.74, 6) is -0.459. The maximum absolute atomic E-state index is 12.1. The lowest BCUT2D eigenvalue weighted by Crippen LogP contribution is -2.44. The van der Waals surface area contributed by atoms with E-state index in [1.54, 1.807) is 6.92 Å². The second-order valence-corrected chi connectivity index (χ2v) is 7.52. The third-order valence-electron chi connectivity index (χ3n) is 3.64. The molecule has 0 saturated carbocycles. The van der Waals surface area contributed by atoms with Gasteiger partial charge in [-0.1, -0.05) is 6.92 Å². The zero-order valence-corrected chi connectivity index (χ0v) is 13.2. The van der Waals surface area contributed by atoms with E-state index in [4.69, 9.17) is 0 Å². The van der Waals surface area contributed by atoms with Crippen LogP contribution in [0.2, 0.25) is 0 Å². The van der Waals surface area contributed by atoms with Gasteiger partial charge in [0.15, 0.2) is 9.84 Å². The number of hydrogen-bond acceptors (Lipinski definition) is 4. The normalized spacial score (nSPS) is 22.2. The molecule has 1 rings (SSSR count). The molecule has 1 saturated heterocycles. The smallest absolute Gasteiger partial charge is 0.232 e. The van der Waals surface area contributed by atoms with Gasteiger partial charge in [0.25, 0.3) is 0 Å². The molecule has 116 valence electrons. The van der Waals surface area contributed by atoms with Gasteiger partial charge in [-0.2, -0.15) is 0 Å². The fourth-order valence-corrected chi connectivity index (χ4v) is 4.06. The highest BCUT2D eigenvalue weighted by Gasteiger charge is 2.34. The van der Waals surface area contributed by atoms with Gasteiger partial charge in [0, 0.05) is 18.6 Å². The predicted octanol–water partition coefficient (Wildman–Crippen LogP) is 0.327. The Morgan fingerprint density at radius 3 is 2.45 bits per heavy atom. The molecule has 7 heteroatoms. The van der Waals surface area contributed by atoms with Crippen molar-refractivity contribution in [1.82, 2.24) is 10.2 Å². The lowest BCUT2D eigenvalue weighted by molar-refractivity contribution is -0.137. The first-order chi connectivity index (χ1) is 9.29. The highest BCUT2D eigenvalue weighted by molar-refractivity contribution is 7.91. The molecular formula is C13H24N2O4S. The molecule has 2 amide bonds. The van der Waals surface area contributed by atoms with Gasteiger partial charge in [-0.25, -0.2) is 8.42 Å². The van der Waals surface area contributed by atoms with Crippen molar-refractivity contribution < 1.29 is 18.0 Å². The largest absolute Gasteiger partial charge is 0.353 e. The van der Waals surface area contributed by atoms with Gasteiger partial charge in [-0.05, 0) is 26.7 Å². The summed E-state index contributed by atoms with van der Waals surface area (Å²) in [5.41, 5.74) is 0. The molecule has 1 heterocycles. The zero-order chi connectivity index (χ0) is 15.3. The summed E-state index contributed by atoms with van der Waals surface area (Å²) in [4.78, 5) is 25.3. The molecule has 1 N–H and O–H groups in total. The molecule has 0 aliphatic carbocycles. The van der Waals surface area contributed by atoms with Crippen molar-refractivity contribution in [2.45, 2.75) is 52.1 Å². The zero-order valence-electron chi connectivity index (χ0n) is 12.4. The van der Waals surface area contributed by atoms with Crippen LogP contribution in [0.25, 0.3) is 0 Å². The standard InChI is InChI=1S/C13H24N2O4S/c1-4-10(3)14-12(16)8-13(17)15(5-2)11-6-7-20(18,19)9-11/h10-11H,4-9H2,1-3H3,(H,14,16). The monoisotopic (exact) mass is 304 g/mol. The van der Waals surface area contributed by atoms with E-state index < -0.39 is 9.84 Å². The fourth-order valence-electron chi connectivity index (χ4n) is 2.33. The van der Waals surface area contributed by atoms with Gasteiger partial charge >= 0.3 is 0 Å². The lowest BCUT2D eigenvalue weighted by atomic mass is 10.2. The van der Waals surface area contributed by atoms with Crippen molar-refractivity contribution >= 4 is 21.7 Å². The third-order valence-corrected chi connectivity index (χ3v) is 5.39. The van der Waals surface area contributed by atoms with E-state index in [9.17, 15) is 18.0 Å². The number of nitrogens with zero attached hydrogens (tertiary/aromatic N) is 1. The van der Waals surface area contributed by atoms with Gasteiger partial charge in [0.05, 0.1) is 11.5 Å². The molecule has 1 fully saturated rings. The molecule has 0 radical (unpaired) electrons. The van der Waals surface area contributed by atoms with Crippen LogP contribution in [0.15, 0.2) is 0 Å². The maximum Gasteiger partial charge on any atom is 0.232 e. The van der Waals surface area contributed by atoms with Crippen molar-refractivity contribution in [3.63, 3.8) is 0 Å². The Morgan fingerprint density at radius 1 is 1.35 bits per heavy atom. The minimum Gasteiger partial charge on any atom is -0.353 e. The molecule has 0 bridgehead atoms. The van der Waals surface area contributed by atoms with Crippen LogP contribution < -0.4 is 5.32 Å². The fraction of sp³-hybridized carbons (Fsp3) is 0.846. The Kier molecular flexibility index (Phi) is 5.98.